The molecule has 4 nitrogen and oxygen atoms in total. The van der Waals surface area contributed by atoms with Crippen LogP contribution in [0.15, 0.2) is 0 Å². The average Bonchev–Trinajstić information content (AvgIpc) is 2.32. The van der Waals surface area contributed by atoms with Gasteiger partial charge in [0.05, 0.1) is 0 Å². The molecule has 19 heavy (non-hydrogen) atoms. The first-order chi connectivity index (χ1) is 8.89. The Balaban J connectivity index is 2.82. The molecule has 5 heteroatoms. The Labute approximate surface area is 120 Å². The van der Waals surface area contributed by atoms with Gasteiger partial charge in [-0.2, -0.15) is 0 Å². The summed E-state index contributed by atoms with van der Waals surface area (Å²) in [5.74, 6) is 1.58. The van der Waals surface area contributed by atoms with Crippen molar-refractivity contribution in [2.75, 3.05) is 18.5 Å². The zero-order valence-corrected chi connectivity index (χ0v) is 13.0. The lowest BCUT2D eigenvalue weighted by Crippen LogP contribution is -2.25. The van der Waals surface area contributed by atoms with Crippen LogP contribution < -0.4 is 5.32 Å². The molecule has 0 saturated heterocycles. The van der Waals surface area contributed by atoms with Crippen LogP contribution in [0.1, 0.15) is 45.0 Å². The molecule has 0 bridgehead atoms. The number of hydrogen-bond acceptors (Lipinski definition) is 4. The van der Waals surface area contributed by atoms with Crippen molar-refractivity contribution in [3.63, 3.8) is 0 Å². The zero-order chi connectivity index (χ0) is 14.5. The number of aliphatic hydroxyl groups is 1. The number of rotatable bonds is 7. The number of halogens is 1. The molecule has 1 heterocycles. The Kier molecular flexibility index (Phi) is 6.01. The van der Waals surface area contributed by atoms with Gasteiger partial charge in [-0.1, -0.05) is 32.4 Å². The molecule has 0 aliphatic rings. The topological polar surface area (TPSA) is 58.0 Å². The van der Waals surface area contributed by atoms with E-state index in [2.05, 4.69) is 36.1 Å². The average molecular weight is 286 g/mol. The molecule has 1 aromatic heterocycles. The van der Waals surface area contributed by atoms with Crippen molar-refractivity contribution >= 4 is 17.4 Å². The van der Waals surface area contributed by atoms with Gasteiger partial charge in [0.15, 0.2) is 0 Å². The highest BCUT2D eigenvalue weighted by Gasteiger charge is 2.18. The molecule has 0 unspecified atom stereocenters. The van der Waals surface area contributed by atoms with Gasteiger partial charge in [-0.3, -0.25) is 0 Å². The van der Waals surface area contributed by atoms with Gasteiger partial charge in [-0.15, -0.1) is 0 Å². The molecule has 2 N–H and O–H groups in total. The largest absolute Gasteiger partial charge is 0.396 e. The van der Waals surface area contributed by atoms with Gasteiger partial charge in [0, 0.05) is 25.1 Å². The van der Waals surface area contributed by atoms with E-state index in [1.807, 2.05) is 6.92 Å². The van der Waals surface area contributed by atoms with Gasteiger partial charge in [0.2, 0.25) is 0 Å². The second kappa shape index (κ2) is 7.06. The number of hydrogen-bond donors (Lipinski definition) is 2. The van der Waals surface area contributed by atoms with Crippen LogP contribution in [0.5, 0.6) is 0 Å². The summed E-state index contributed by atoms with van der Waals surface area (Å²) in [6.07, 6.45) is 2.57. The predicted molar refractivity (Wildman–Crippen MR) is 79.7 cm³/mol. The van der Waals surface area contributed by atoms with Gasteiger partial charge in [-0.05, 0) is 25.2 Å². The lowest BCUT2D eigenvalue weighted by atomic mass is 9.90. The maximum absolute atomic E-state index is 9.04. The molecule has 0 aliphatic carbocycles. The van der Waals surface area contributed by atoms with Crippen molar-refractivity contribution in [1.82, 2.24) is 9.97 Å². The zero-order valence-electron chi connectivity index (χ0n) is 12.3. The SMILES string of the molecule is CCCc1nc(Cl)c(C)c(NCC(C)(C)CCO)n1. The van der Waals surface area contributed by atoms with Crippen molar-refractivity contribution in [3.8, 4) is 0 Å². The van der Waals surface area contributed by atoms with Crippen LogP contribution >= 0.6 is 11.6 Å². The number of aryl methyl sites for hydroxylation is 1. The normalized spacial score (nSPS) is 11.7. The molecule has 1 rings (SSSR count). The molecule has 0 atom stereocenters. The second-order valence-electron chi connectivity index (χ2n) is 5.65. The van der Waals surface area contributed by atoms with Crippen LogP contribution in [-0.2, 0) is 6.42 Å². The van der Waals surface area contributed by atoms with Crippen molar-refractivity contribution in [2.24, 2.45) is 5.41 Å². The Morgan fingerprint density at radius 3 is 2.58 bits per heavy atom. The smallest absolute Gasteiger partial charge is 0.137 e. The van der Waals surface area contributed by atoms with Crippen LogP contribution in [0, 0.1) is 12.3 Å². The maximum atomic E-state index is 9.04. The van der Waals surface area contributed by atoms with Gasteiger partial charge in [0.1, 0.15) is 16.8 Å². The van der Waals surface area contributed by atoms with E-state index in [0.717, 1.165) is 43.0 Å². The summed E-state index contributed by atoms with van der Waals surface area (Å²) >= 11 is 6.13. The molecule has 0 saturated carbocycles. The molecule has 0 aliphatic heterocycles. The third-order valence-corrected chi connectivity index (χ3v) is 3.50. The van der Waals surface area contributed by atoms with E-state index in [1.54, 1.807) is 0 Å². The van der Waals surface area contributed by atoms with Gasteiger partial charge in [-0.25, -0.2) is 9.97 Å². The fourth-order valence-electron chi connectivity index (χ4n) is 1.75. The molecule has 0 radical (unpaired) electrons. The Bertz CT molecular complexity index is 421. The van der Waals surface area contributed by atoms with E-state index in [4.69, 9.17) is 16.7 Å². The molecular formula is C14H24ClN3O. The first kappa shape index (κ1) is 16.2. The Hall–Kier alpha value is -0.870. The van der Waals surface area contributed by atoms with Crippen LogP contribution in [0.25, 0.3) is 0 Å². The third kappa shape index (κ3) is 4.96. The minimum absolute atomic E-state index is 0.0174. The van der Waals surface area contributed by atoms with Crippen LogP contribution in [0.3, 0.4) is 0 Å². The molecule has 0 amide bonds. The minimum Gasteiger partial charge on any atom is -0.396 e. The summed E-state index contributed by atoms with van der Waals surface area (Å²) in [4.78, 5) is 8.80. The molecule has 108 valence electrons. The van der Waals surface area contributed by atoms with E-state index >= 15 is 0 Å². The van der Waals surface area contributed by atoms with E-state index in [0.29, 0.717) is 5.15 Å². The van der Waals surface area contributed by atoms with E-state index in [-0.39, 0.29) is 12.0 Å². The summed E-state index contributed by atoms with van der Waals surface area (Å²) in [6, 6.07) is 0. The van der Waals surface area contributed by atoms with Crippen LogP contribution in [-0.4, -0.2) is 28.2 Å². The minimum atomic E-state index is 0.0174. The first-order valence-electron chi connectivity index (χ1n) is 6.77. The number of nitrogens with zero attached hydrogens (tertiary/aromatic N) is 2. The van der Waals surface area contributed by atoms with E-state index in [1.165, 1.54) is 0 Å². The van der Waals surface area contributed by atoms with Crippen LogP contribution in [0.2, 0.25) is 5.15 Å². The standard InChI is InChI=1S/C14H24ClN3O/c1-5-6-11-17-12(15)10(2)13(18-11)16-9-14(3,4)7-8-19/h19H,5-9H2,1-4H3,(H,16,17,18). The lowest BCUT2D eigenvalue weighted by molar-refractivity contribution is 0.220. The molecule has 0 fully saturated rings. The Morgan fingerprint density at radius 1 is 1.32 bits per heavy atom. The highest BCUT2D eigenvalue weighted by atomic mass is 35.5. The summed E-state index contributed by atoms with van der Waals surface area (Å²) in [6.45, 7) is 9.17. The van der Waals surface area contributed by atoms with Crippen molar-refractivity contribution in [1.29, 1.82) is 0 Å². The highest BCUT2D eigenvalue weighted by molar-refractivity contribution is 6.30. The number of nitrogens with one attached hydrogen (secondary N) is 1. The third-order valence-electron chi connectivity index (χ3n) is 3.13. The summed E-state index contributed by atoms with van der Waals surface area (Å²) in [7, 11) is 0. The lowest BCUT2D eigenvalue weighted by Gasteiger charge is -2.24. The fourth-order valence-corrected chi connectivity index (χ4v) is 1.94. The fraction of sp³-hybridized carbons (Fsp3) is 0.714. The monoisotopic (exact) mass is 285 g/mol. The van der Waals surface area contributed by atoms with Gasteiger partial charge in [0.25, 0.3) is 0 Å². The van der Waals surface area contributed by atoms with Gasteiger partial charge < -0.3 is 10.4 Å². The van der Waals surface area contributed by atoms with Crippen molar-refractivity contribution < 1.29 is 5.11 Å². The maximum Gasteiger partial charge on any atom is 0.137 e. The quantitative estimate of drug-likeness (QED) is 0.755. The summed E-state index contributed by atoms with van der Waals surface area (Å²) in [5.41, 5.74) is 0.894. The number of aliphatic hydroxyl groups excluding tert-OH is 1. The summed E-state index contributed by atoms with van der Waals surface area (Å²) < 4.78 is 0. The van der Waals surface area contributed by atoms with E-state index < -0.39 is 0 Å². The number of anilines is 1. The molecule has 0 spiro atoms. The first-order valence-corrected chi connectivity index (χ1v) is 7.15. The Morgan fingerprint density at radius 2 is 2.00 bits per heavy atom. The predicted octanol–water partition coefficient (Wildman–Crippen LogP) is 3.21. The van der Waals surface area contributed by atoms with Crippen LogP contribution in [0.4, 0.5) is 5.82 Å². The molecule has 0 aromatic carbocycles. The molecule has 1 aromatic rings. The van der Waals surface area contributed by atoms with Gasteiger partial charge >= 0.3 is 0 Å². The molecular weight excluding hydrogens is 262 g/mol. The van der Waals surface area contributed by atoms with Crippen molar-refractivity contribution in [2.45, 2.75) is 47.0 Å². The number of aromatic nitrogens is 2. The highest BCUT2D eigenvalue weighted by Crippen LogP contribution is 2.24. The second-order valence-corrected chi connectivity index (χ2v) is 6.00. The van der Waals surface area contributed by atoms with Crippen molar-refractivity contribution in [3.05, 3.63) is 16.5 Å². The van der Waals surface area contributed by atoms with E-state index in [9.17, 15) is 0 Å². The summed E-state index contributed by atoms with van der Waals surface area (Å²) in [5, 5.41) is 12.9.